The largest absolute Gasteiger partial charge is 0.352 e. The van der Waals surface area contributed by atoms with Crippen molar-refractivity contribution < 1.29 is 4.39 Å². The summed E-state index contributed by atoms with van der Waals surface area (Å²) in [6.07, 6.45) is 1.37. The van der Waals surface area contributed by atoms with Crippen LogP contribution in [0.25, 0.3) is 33.3 Å². The highest BCUT2D eigenvalue weighted by atomic mass is 35.5. The van der Waals surface area contributed by atoms with E-state index in [4.69, 9.17) is 22.3 Å². The lowest BCUT2D eigenvalue weighted by atomic mass is 10.0. The minimum Gasteiger partial charge on any atom is -0.352 e. The average molecular weight is 451 g/mol. The summed E-state index contributed by atoms with van der Waals surface area (Å²) in [5.74, 6) is 0.649. The third kappa shape index (κ3) is 3.27. The zero-order chi connectivity index (χ0) is 20.3. The van der Waals surface area contributed by atoms with Crippen LogP contribution in [-0.2, 0) is 7.05 Å². The number of hydrogen-bond donors (Lipinski definition) is 2. The fraction of sp³-hybridized carbons (Fsp3) is 0.368. The minimum atomic E-state index is -1.08. The number of nitrogens with two attached hydrogens (primary N) is 1. The SMILES string of the molecule is Cc1nc2c(-c3ccc4nn(C)cc4c3Cl)n[nH]c2nc1N1CC[C@H](N)[C@H](F)C1.Cl. The van der Waals surface area contributed by atoms with Gasteiger partial charge in [0.15, 0.2) is 11.5 Å². The number of nitrogens with one attached hydrogen (secondary N) is 1. The Morgan fingerprint density at radius 1 is 1.30 bits per heavy atom. The van der Waals surface area contributed by atoms with E-state index in [9.17, 15) is 4.39 Å². The number of fused-ring (bicyclic) bond motifs is 2. The molecule has 158 valence electrons. The van der Waals surface area contributed by atoms with Gasteiger partial charge in [-0.05, 0) is 25.5 Å². The molecule has 0 saturated carbocycles. The van der Waals surface area contributed by atoms with Crippen LogP contribution in [0.4, 0.5) is 10.2 Å². The van der Waals surface area contributed by atoms with Crippen molar-refractivity contribution in [1.82, 2.24) is 29.9 Å². The first-order chi connectivity index (χ1) is 13.9. The number of rotatable bonds is 2. The molecule has 1 saturated heterocycles. The Labute approximate surface area is 183 Å². The molecule has 30 heavy (non-hydrogen) atoms. The molecule has 0 unspecified atom stereocenters. The van der Waals surface area contributed by atoms with Gasteiger partial charge in [0.2, 0.25) is 0 Å². The molecule has 5 rings (SSSR count). The van der Waals surface area contributed by atoms with Crippen molar-refractivity contribution in [2.24, 2.45) is 12.8 Å². The van der Waals surface area contributed by atoms with Gasteiger partial charge in [-0.1, -0.05) is 11.6 Å². The molecule has 0 spiro atoms. The Balaban J connectivity index is 0.00000218. The Morgan fingerprint density at radius 2 is 2.10 bits per heavy atom. The first-order valence-electron chi connectivity index (χ1n) is 9.42. The van der Waals surface area contributed by atoms with Crippen molar-refractivity contribution in [3.63, 3.8) is 0 Å². The Morgan fingerprint density at radius 3 is 2.87 bits per heavy atom. The van der Waals surface area contributed by atoms with Crippen LogP contribution in [0.15, 0.2) is 18.3 Å². The van der Waals surface area contributed by atoms with Crippen LogP contribution < -0.4 is 10.6 Å². The Kier molecular flexibility index (Phi) is 5.29. The summed E-state index contributed by atoms with van der Waals surface area (Å²) in [6, 6.07) is 3.37. The number of nitrogens with zero attached hydrogens (tertiary/aromatic N) is 6. The standard InChI is InChI=1S/C19H20ClFN8.ClH/c1-9-19(29-6-5-13(22)12(21)8-29)24-18-17(23-9)16(25-26-18)10-3-4-14-11(15(10)20)7-28(2)27-14;/h3-4,7,12-13H,5-6,8,22H2,1-2H3,(H,24,25,26);1H/t12-,13+;/m1./s1. The zero-order valence-electron chi connectivity index (χ0n) is 16.4. The summed E-state index contributed by atoms with van der Waals surface area (Å²) in [5.41, 5.74) is 9.87. The number of benzene rings is 1. The van der Waals surface area contributed by atoms with Crippen molar-refractivity contribution in [3.05, 3.63) is 29.0 Å². The molecule has 0 amide bonds. The maximum absolute atomic E-state index is 14.1. The summed E-state index contributed by atoms with van der Waals surface area (Å²) in [4.78, 5) is 11.3. The maximum Gasteiger partial charge on any atom is 0.177 e. The molecule has 1 aliphatic heterocycles. The molecule has 1 aliphatic rings. The fourth-order valence-corrected chi connectivity index (χ4v) is 4.18. The fourth-order valence-electron chi connectivity index (χ4n) is 3.88. The molecule has 4 aromatic rings. The molecule has 8 nitrogen and oxygen atoms in total. The molecule has 3 aromatic heterocycles. The second-order valence-corrected chi connectivity index (χ2v) is 7.86. The van der Waals surface area contributed by atoms with Crippen LogP contribution >= 0.6 is 24.0 Å². The first kappa shape index (κ1) is 20.8. The average Bonchev–Trinajstić information content (AvgIpc) is 3.27. The van der Waals surface area contributed by atoms with E-state index in [-0.39, 0.29) is 19.0 Å². The molecular formula is C19H21Cl2FN8. The number of alkyl halides is 1. The van der Waals surface area contributed by atoms with E-state index in [0.717, 1.165) is 16.5 Å². The van der Waals surface area contributed by atoms with Gasteiger partial charge < -0.3 is 10.6 Å². The molecule has 0 radical (unpaired) electrons. The number of halogens is 3. The normalized spacial score (nSPS) is 19.4. The van der Waals surface area contributed by atoms with Gasteiger partial charge >= 0.3 is 0 Å². The third-order valence-electron chi connectivity index (χ3n) is 5.43. The molecular weight excluding hydrogens is 430 g/mol. The van der Waals surface area contributed by atoms with Crippen LogP contribution in [0, 0.1) is 6.92 Å². The van der Waals surface area contributed by atoms with Crippen molar-refractivity contribution >= 4 is 51.9 Å². The van der Waals surface area contributed by atoms with E-state index >= 15 is 0 Å². The van der Waals surface area contributed by atoms with Crippen LogP contribution in [0.2, 0.25) is 5.02 Å². The van der Waals surface area contributed by atoms with E-state index in [2.05, 4.69) is 20.3 Å². The summed E-state index contributed by atoms with van der Waals surface area (Å²) >= 11 is 6.65. The van der Waals surface area contributed by atoms with Gasteiger partial charge in [0, 0.05) is 36.8 Å². The number of anilines is 1. The van der Waals surface area contributed by atoms with Gasteiger partial charge in [-0.2, -0.15) is 10.2 Å². The number of H-pyrrole nitrogens is 1. The number of piperidine rings is 1. The lowest BCUT2D eigenvalue weighted by Gasteiger charge is -2.34. The van der Waals surface area contributed by atoms with Gasteiger partial charge in [-0.3, -0.25) is 9.78 Å². The van der Waals surface area contributed by atoms with E-state index in [0.29, 0.717) is 46.4 Å². The zero-order valence-corrected chi connectivity index (χ0v) is 18.0. The first-order valence-corrected chi connectivity index (χ1v) is 9.79. The second-order valence-electron chi connectivity index (χ2n) is 7.48. The molecule has 0 bridgehead atoms. The summed E-state index contributed by atoms with van der Waals surface area (Å²) < 4.78 is 15.8. The van der Waals surface area contributed by atoms with Gasteiger partial charge in [0.25, 0.3) is 0 Å². The van der Waals surface area contributed by atoms with Crippen molar-refractivity contribution in [2.45, 2.75) is 25.6 Å². The molecule has 1 fully saturated rings. The molecule has 3 N–H and O–H groups in total. The summed E-state index contributed by atoms with van der Waals surface area (Å²) in [5, 5.41) is 13.2. The van der Waals surface area contributed by atoms with Crippen molar-refractivity contribution in [2.75, 3.05) is 18.0 Å². The summed E-state index contributed by atoms with van der Waals surface area (Å²) in [6.45, 7) is 2.73. The predicted molar refractivity (Wildman–Crippen MR) is 118 cm³/mol. The van der Waals surface area contributed by atoms with Crippen LogP contribution in [0.1, 0.15) is 12.1 Å². The lowest BCUT2D eigenvalue weighted by Crippen LogP contribution is -2.49. The number of aryl methyl sites for hydroxylation is 2. The molecule has 4 heterocycles. The molecule has 1 aromatic carbocycles. The maximum atomic E-state index is 14.1. The quantitative estimate of drug-likeness (QED) is 0.486. The van der Waals surface area contributed by atoms with Gasteiger partial charge in [-0.15, -0.1) is 12.4 Å². The predicted octanol–water partition coefficient (Wildman–Crippen LogP) is 3.17. The third-order valence-corrected chi connectivity index (χ3v) is 5.83. The van der Waals surface area contributed by atoms with Gasteiger partial charge in [0.1, 0.15) is 17.4 Å². The smallest absolute Gasteiger partial charge is 0.177 e. The minimum absolute atomic E-state index is 0. The van der Waals surface area contributed by atoms with Gasteiger partial charge in [-0.25, -0.2) is 14.4 Å². The number of aromatic amines is 1. The van der Waals surface area contributed by atoms with E-state index in [1.54, 1.807) is 4.68 Å². The van der Waals surface area contributed by atoms with E-state index in [1.165, 1.54) is 0 Å². The van der Waals surface area contributed by atoms with Crippen molar-refractivity contribution in [1.29, 1.82) is 0 Å². The van der Waals surface area contributed by atoms with E-state index in [1.807, 2.05) is 37.2 Å². The van der Waals surface area contributed by atoms with Crippen LogP contribution in [-0.4, -0.2) is 55.2 Å². The van der Waals surface area contributed by atoms with E-state index < -0.39 is 12.2 Å². The Hall–Kier alpha value is -2.49. The van der Waals surface area contributed by atoms with Gasteiger partial charge in [0.05, 0.1) is 22.8 Å². The lowest BCUT2D eigenvalue weighted by molar-refractivity contribution is 0.251. The highest BCUT2D eigenvalue weighted by molar-refractivity contribution is 6.38. The highest BCUT2D eigenvalue weighted by Crippen LogP contribution is 2.36. The number of hydrogen-bond acceptors (Lipinski definition) is 6. The molecule has 2 atom stereocenters. The Bertz CT molecular complexity index is 1240. The topological polar surface area (TPSA) is 102 Å². The van der Waals surface area contributed by atoms with Crippen LogP contribution in [0.3, 0.4) is 0 Å². The molecule has 11 heteroatoms. The van der Waals surface area contributed by atoms with Crippen molar-refractivity contribution in [3.8, 4) is 11.3 Å². The molecule has 0 aliphatic carbocycles. The van der Waals surface area contributed by atoms with Crippen LogP contribution in [0.5, 0.6) is 0 Å². The highest BCUT2D eigenvalue weighted by Gasteiger charge is 2.29. The summed E-state index contributed by atoms with van der Waals surface area (Å²) in [7, 11) is 1.85. The monoisotopic (exact) mass is 450 g/mol. The second kappa shape index (κ2) is 7.64. The number of aromatic nitrogens is 6.